The second-order valence-corrected chi connectivity index (χ2v) is 9.68. The molecule has 5 saturated carbocycles. The fraction of sp³-hybridized carbons (Fsp3) is 1.00. The third kappa shape index (κ3) is 1.67. The highest BCUT2D eigenvalue weighted by Crippen LogP contribution is 2.67. The third-order valence-electron chi connectivity index (χ3n) is 9.18. The van der Waals surface area contributed by atoms with Crippen LogP contribution in [0.4, 0.5) is 0 Å². The molecule has 1 saturated heterocycles. The van der Waals surface area contributed by atoms with Crippen LogP contribution in [0.3, 0.4) is 0 Å². The molecule has 10 unspecified atom stereocenters. The van der Waals surface area contributed by atoms with Crippen LogP contribution in [0.1, 0.15) is 51.4 Å². The van der Waals surface area contributed by atoms with Gasteiger partial charge < -0.3 is 14.9 Å². The highest BCUT2D eigenvalue weighted by atomic mass is 16.5. The predicted molar refractivity (Wildman–Crippen MR) is 85.5 cm³/mol. The van der Waals surface area contributed by atoms with Gasteiger partial charge in [-0.15, -0.1) is 0 Å². The van der Waals surface area contributed by atoms with E-state index in [0.717, 1.165) is 42.4 Å². The minimum Gasteiger partial charge on any atom is -0.390 e. The minimum absolute atomic E-state index is 0.220. The van der Waals surface area contributed by atoms with Crippen molar-refractivity contribution in [1.82, 2.24) is 0 Å². The molecule has 0 amide bonds. The molecule has 1 aliphatic heterocycles. The Balaban J connectivity index is 1.41. The van der Waals surface area contributed by atoms with E-state index in [1.165, 1.54) is 38.5 Å². The molecular weight excluding hydrogens is 288 g/mol. The summed E-state index contributed by atoms with van der Waals surface area (Å²) in [5, 5.41) is 20.9. The molecule has 12 atom stereocenters. The largest absolute Gasteiger partial charge is 0.390 e. The van der Waals surface area contributed by atoms with Gasteiger partial charge in [-0.05, 0) is 67.6 Å². The van der Waals surface area contributed by atoms with Gasteiger partial charge in [-0.25, -0.2) is 0 Å². The van der Waals surface area contributed by atoms with Gasteiger partial charge >= 0.3 is 0 Å². The summed E-state index contributed by atoms with van der Waals surface area (Å²) in [6.07, 6.45) is 10.1. The van der Waals surface area contributed by atoms with E-state index < -0.39 is 12.2 Å². The maximum Gasteiger partial charge on any atom is 0.0854 e. The lowest BCUT2D eigenvalue weighted by Gasteiger charge is -2.70. The zero-order valence-corrected chi connectivity index (χ0v) is 13.9. The Morgan fingerprint density at radius 3 is 2.39 bits per heavy atom. The Labute approximate surface area is 138 Å². The zero-order valence-electron chi connectivity index (χ0n) is 13.9. The lowest BCUT2D eigenvalue weighted by molar-refractivity contribution is -0.333. The van der Waals surface area contributed by atoms with Crippen LogP contribution < -0.4 is 0 Å². The van der Waals surface area contributed by atoms with Gasteiger partial charge in [0.2, 0.25) is 0 Å². The summed E-state index contributed by atoms with van der Waals surface area (Å²) in [7, 11) is 0. The number of rotatable bonds is 0. The van der Waals surface area contributed by atoms with E-state index in [0.29, 0.717) is 17.9 Å². The topological polar surface area (TPSA) is 49.7 Å². The maximum absolute atomic E-state index is 10.7. The zero-order chi connectivity index (χ0) is 15.3. The molecule has 5 aliphatic carbocycles. The number of fused-ring (bicyclic) bond motifs is 3. The Kier molecular flexibility index (Phi) is 2.90. The number of aliphatic hydroxyl groups is 2. The average molecular weight is 318 g/mol. The van der Waals surface area contributed by atoms with E-state index in [-0.39, 0.29) is 12.0 Å². The summed E-state index contributed by atoms with van der Waals surface area (Å²) in [4.78, 5) is 0. The van der Waals surface area contributed by atoms with Crippen molar-refractivity contribution in [3.05, 3.63) is 0 Å². The van der Waals surface area contributed by atoms with Crippen molar-refractivity contribution in [3.8, 4) is 0 Å². The van der Waals surface area contributed by atoms with Crippen molar-refractivity contribution in [3.63, 3.8) is 0 Å². The molecule has 6 aliphatic rings. The summed E-state index contributed by atoms with van der Waals surface area (Å²) in [5.41, 5.74) is 0. The molecule has 0 spiro atoms. The molecule has 3 nitrogen and oxygen atoms in total. The lowest BCUT2D eigenvalue weighted by atomic mass is 9.41. The molecule has 0 aromatic rings. The van der Waals surface area contributed by atoms with E-state index in [9.17, 15) is 10.2 Å². The number of ether oxygens (including phenoxy) is 1. The Bertz CT molecular complexity index is 507. The van der Waals surface area contributed by atoms with Gasteiger partial charge in [0.25, 0.3) is 0 Å². The number of hydrogen-bond acceptors (Lipinski definition) is 3. The number of hydrogen-bond donors (Lipinski definition) is 2. The molecule has 0 aromatic carbocycles. The molecule has 6 rings (SSSR count). The summed E-state index contributed by atoms with van der Waals surface area (Å²) in [6.45, 7) is 0. The minimum atomic E-state index is -0.539. The molecule has 0 radical (unpaired) electrons. The Morgan fingerprint density at radius 2 is 1.48 bits per heavy atom. The van der Waals surface area contributed by atoms with Gasteiger partial charge in [0.15, 0.2) is 0 Å². The molecule has 128 valence electrons. The summed E-state index contributed by atoms with van der Waals surface area (Å²) >= 11 is 0. The quantitative estimate of drug-likeness (QED) is 0.722. The van der Waals surface area contributed by atoms with E-state index in [1.807, 2.05) is 0 Å². The molecule has 6 fully saturated rings. The maximum atomic E-state index is 10.7. The van der Waals surface area contributed by atoms with Crippen molar-refractivity contribution in [2.45, 2.75) is 75.8 Å². The first-order valence-corrected chi connectivity index (χ1v) is 10.3. The second-order valence-electron chi connectivity index (χ2n) is 9.68. The molecular formula is C20H30O3. The number of aliphatic hydroxyl groups excluding tert-OH is 2. The molecule has 0 bridgehead atoms. The van der Waals surface area contributed by atoms with Crippen molar-refractivity contribution in [2.75, 3.05) is 0 Å². The first-order valence-electron chi connectivity index (χ1n) is 10.3. The lowest BCUT2D eigenvalue weighted by Crippen LogP contribution is -2.72. The van der Waals surface area contributed by atoms with Crippen molar-refractivity contribution in [1.29, 1.82) is 0 Å². The van der Waals surface area contributed by atoms with Gasteiger partial charge in [0.05, 0.1) is 24.4 Å². The predicted octanol–water partition coefficient (Wildman–Crippen LogP) is 2.59. The average Bonchev–Trinajstić information content (AvgIpc) is 2.54. The fourth-order valence-electron chi connectivity index (χ4n) is 8.58. The Morgan fingerprint density at radius 1 is 0.696 bits per heavy atom. The van der Waals surface area contributed by atoms with Crippen LogP contribution in [0.25, 0.3) is 0 Å². The third-order valence-corrected chi connectivity index (χ3v) is 9.18. The monoisotopic (exact) mass is 318 g/mol. The van der Waals surface area contributed by atoms with E-state index in [4.69, 9.17) is 4.74 Å². The molecule has 23 heavy (non-hydrogen) atoms. The van der Waals surface area contributed by atoms with Crippen LogP contribution in [0.5, 0.6) is 0 Å². The van der Waals surface area contributed by atoms with Crippen LogP contribution in [0.15, 0.2) is 0 Å². The van der Waals surface area contributed by atoms with Gasteiger partial charge in [0, 0.05) is 11.8 Å². The fourth-order valence-corrected chi connectivity index (χ4v) is 8.58. The standard InChI is InChI=1S/C20H30O3/c21-13-7-6-12-11-5-4-9-2-1-3-10-8-14-18(16(11)15(9)10)20(23-14)17(12)19(13)22/h9-22H,1-8H2/t9?,10?,11?,12?,13-,14?,15?,16?,17?,18?,19+,20?/m0/s1. The molecule has 2 N–H and O–H groups in total. The summed E-state index contributed by atoms with van der Waals surface area (Å²) in [6, 6.07) is 0. The highest BCUT2D eigenvalue weighted by molar-refractivity contribution is 5.15. The van der Waals surface area contributed by atoms with Crippen molar-refractivity contribution in [2.24, 2.45) is 47.3 Å². The normalized spacial score (nSPS) is 66.0. The molecule has 0 aromatic heterocycles. The highest BCUT2D eigenvalue weighted by Gasteiger charge is 2.68. The Hall–Kier alpha value is -0.120. The first-order chi connectivity index (χ1) is 11.2. The van der Waals surface area contributed by atoms with Gasteiger partial charge in [-0.2, -0.15) is 0 Å². The van der Waals surface area contributed by atoms with Crippen LogP contribution in [0.2, 0.25) is 0 Å². The molecule has 1 heterocycles. The van der Waals surface area contributed by atoms with Gasteiger partial charge in [-0.3, -0.25) is 0 Å². The van der Waals surface area contributed by atoms with Crippen molar-refractivity contribution >= 4 is 0 Å². The van der Waals surface area contributed by atoms with Crippen molar-refractivity contribution < 1.29 is 14.9 Å². The van der Waals surface area contributed by atoms with E-state index in [2.05, 4.69) is 0 Å². The smallest absolute Gasteiger partial charge is 0.0854 e. The first kappa shape index (κ1) is 14.1. The van der Waals surface area contributed by atoms with Crippen LogP contribution in [0, 0.1) is 47.3 Å². The van der Waals surface area contributed by atoms with E-state index in [1.54, 1.807) is 0 Å². The van der Waals surface area contributed by atoms with Crippen LogP contribution >= 0.6 is 0 Å². The SMILES string of the molecule is O[C@H]1CCC2C3CCC4CCCC5CC6OC(C6C3C45)C2[C@@H]1O. The molecule has 3 heteroatoms. The second kappa shape index (κ2) is 4.74. The summed E-state index contributed by atoms with van der Waals surface area (Å²) in [5.74, 6) is 6.15. The summed E-state index contributed by atoms with van der Waals surface area (Å²) < 4.78 is 6.39. The van der Waals surface area contributed by atoms with Gasteiger partial charge in [0.1, 0.15) is 0 Å². The van der Waals surface area contributed by atoms with Crippen LogP contribution in [-0.2, 0) is 4.74 Å². The van der Waals surface area contributed by atoms with E-state index >= 15 is 0 Å². The van der Waals surface area contributed by atoms with Crippen LogP contribution in [-0.4, -0.2) is 34.6 Å². The van der Waals surface area contributed by atoms with Gasteiger partial charge in [-0.1, -0.05) is 19.3 Å².